The molecule has 1 atom stereocenters. The van der Waals surface area contributed by atoms with E-state index in [1.54, 1.807) is 0 Å². The third-order valence-corrected chi connectivity index (χ3v) is 6.69. The second-order valence-electron chi connectivity index (χ2n) is 9.22. The molecule has 0 bridgehead atoms. The number of hydrogen-bond acceptors (Lipinski definition) is 5. The molecule has 1 N–H and O–H groups in total. The number of oxazole rings is 1. The monoisotopic (exact) mass is 482 g/mol. The number of ether oxygens (including phenoxy) is 1. The summed E-state index contributed by atoms with van der Waals surface area (Å²) in [6.07, 6.45) is 2.70. The fourth-order valence-corrected chi connectivity index (χ4v) is 4.70. The van der Waals surface area contributed by atoms with Gasteiger partial charge in [-0.1, -0.05) is 61.0 Å². The maximum Gasteiger partial charge on any atom is 0.320 e. The van der Waals surface area contributed by atoms with Gasteiger partial charge in [-0.3, -0.25) is 9.69 Å². The Bertz CT molecular complexity index is 1310. The van der Waals surface area contributed by atoms with Crippen LogP contribution in [0.5, 0.6) is 5.75 Å². The highest BCUT2D eigenvalue weighted by Gasteiger charge is 2.28. The topological polar surface area (TPSA) is 75.8 Å². The zero-order valence-electron chi connectivity index (χ0n) is 20.4. The highest BCUT2D eigenvalue weighted by atomic mass is 16.5. The molecule has 1 saturated heterocycles. The van der Waals surface area contributed by atoms with Crippen molar-refractivity contribution in [3.8, 4) is 28.3 Å². The number of nitrogens with zero attached hydrogens (tertiary/aromatic N) is 2. The average molecular weight is 483 g/mol. The van der Waals surface area contributed by atoms with Gasteiger partial charge in [0.15, 0.2) is 0 Å². The number of carboxylic acid groups (broad SMARTS) is 1. The van der Waals surface area contributed by atoms with Crippen LogP contribution in [0.1, 0.15) is 36.3 Å². The first-order valence-electron chi connectivity index (χ1n) is 12.4. The Morgan fingerprint density at radius 3 is 2.53 bits per heavy atom. The van der Waals surface area contributed by atoms with Crippen molar-refractivity contribution in [1.29, 1.82) is 0 Å². The molecule has 1 aliphatic heterocycles. The van der Waals surface area contributed by atoms with Gasteiger partial charge < -0.3 is 14.3 Å². The van der Waals surface area contributed by atoms with Crippen LogP contribution in [-0.2, 0) is 17.9 Å². The van der Waals surface area contributed by atoms with Crippen molar-refractivity contribution in [2.45, 2.75) is 45.4 Å². The molecule has 1 fully saturated rings. The van der Waals surface area contributed by atoms with E-state index in [0.717, 1.165) is 53.3 Å². The van der Waals surface area contributed by atoms with E-state index in [1.165, 1.54) is 5.56 Å². The van der Waals surface area contributed by atoms with Gasteiger partial charge in [0.25, 0.3) is 0 Å². The molecular formula is C30H30N2O4. The number of aryl methyl sites for hydroxylation is 1. The van der Waals surface area contributed by atoms with Crippen LogP contribution in [-0.4, -0.2) is 33.5 Å². The first-order valence-corrected chi connectivity index (χ1v) is 12.4. The van der Waals surface area contributed by atoms with Crippen molar-refractivity contribution < 1.29 is 19.1 Å². The molecule has 0 aliphatic carbocycles. The molecule has 3 aromatic carbocycles. The minimum Gasteiger partial charge on any atom is -0.487 e. The van der Waals surface area contributed by atoms with Crippen LogP contribution in [0.4, 0.5) is 0 Å². The Kier molecular flexibility index (Phi) is 7.14. The number of aliphatic carboxylic acids is 1. The van der Waals surface area contributed by atoms with E-state index in [9.17, 15) is 9.90 Å². The van der Waals surface area contributed by atoms with Crippen molar-refractivity contribution in [1.82, 2.24) is 9.88 Å². The van der Waals surface area contributed by atoms with E-state index in [2.05, 4.69) is 29.2 Å². The van der Waals surface area contributed by atoms with Gasteiger partial charge in [0, 0.05) is 12.1 Å². The molecule has 0 radical (unpaired) electrons. The third kappa shape index (κ3) is 5.50. The number of carbonyl (C=O) groups is 1. The van der Waals surface area contributed by atoms with Crippen molar-refractivity contribution >= 4 is 5.97 Å². The van der Waals surface area contributed by atoms with Crippen LogP contribution < -0.4 is 4.74 Å². The lowest BCUT2D eigenvalue weighted by Gasteiger charge is -2.32. The van der Waals surface area contributed by atoms with Crippen molar-refractivity contribution in [3.63, 3.8) is 0 Å². The summed E-state index contributed by atoms with van der Waals surface area (Å²) in [6, 6.07) is 25.9. The van der Waals surface area contributed by atoms with Crippen molar-refractivity contribution in [2.24, 2.45) is 0 Å². The molecule has 2 heterocycles. The van der Waals surface area contributed by atoms with Gasteiger partial charge >= 0.3 is 5.97 Å². The summed E-state index contributed by atoms with van der Waals surface area (Å²) in [5, 5.41) is 9.55. The Labute approximate surface area is 211 Å². The number of rotatable bonds is 8. The van der Waals surface area contributed by atoms with Crippen molar-refractivity contribution in [2.75, 3.05) is 6.54 Å². The Hall–Kier alpha value is -3.90. The molecule has 4 aromatic rings. The molecule has 184 valence electrons. The Morgan fingerprint density at radius 1 is 1.00 bits per heavy atom. The lowest BCUT2D eigenvalue weighted by Crippen LogP contribution is -2.43. The summed E-state index contributed by atoms with van der Waals surface area (Å²) in [7, 11) is 0. The first-order chi connectivity index (χ1) is 17.6. The maximum absolute atomic E-state index is 11.6. The minimum atomic E-state index is -0.742. The molecule has 6 nitrogen and oxygen atoms in total. The van der Waals surface area contributed by atoms with E-state index >= 15 is 0 Å². The Balaban J connectivity index is 1.24. The molecule has 0 amide bonds. The molecule has 0 spiro atoms. The van der Waals surface area contributed by atoms with Crippen LogP contribution in [0.25, 0.3) is 22.6 Å². The fraction of sp³-hybridized carbons (Fsp3) is 0.267. The molecule has 1 aromatic heterocycles. The van der Waals surface area contributed by atoms with Gasteiger partial charge in [0.2, 0.25) is 5.89 Å². The second-order valence-corrected chi connectivity index (χ2v) is 9.22. The van der Waals surface area contributed by atoms with Crippen LogP contribution >= 0.6 is 0 Å². The molecule has 1 aliphatic rings. The molecule has 6 heteroatoms. The fourth-order valence-electron chi connectivity index (χ4n) is 4.70. The van der Waals surface area contributed by atoms with Gasteiger partial charge in [-0.05, 0) is 67.3 Å². The number of benzene rings is 3. The maximum atomic E-state index is 11.6. The number of carboxylic acids is 1. The van der Waals surface area contributed by atoms with Gasteiger partial charge in [-0.2, -0.15) is 0 Å². The molecule has 1 unspecified atom stereocenters. The number of likely N-dealkylation sites (tertiary alicyclic amines) is 1. The Morgan fingerprint density at radius 2 is 1.75 bits per heavy atom. The molecule has 5 rings (SSSR count). The van der Waals surface area contributed by atoms with Crippen LogP contribution in [0, 0.1) is 6.92 Å². The number of hydrogen-bond donors (Lipinski definition) is 1. The minimum absolute atomic E-state index is 0.294. The van der Waals surface area contributed by atoms with Gasteiger partial charge in [0.1, 0.15) is 29.9 Å². The smallest absolute Gasteiger partial charge is 0.320 e. The molecule has 0 saturated carbocycles. The summed E-state index contributed by atoms with van der Waals surface area (Å²) in [5.41, 5.74) is 5.02. The number of piperidine rings is 1. The SMILES string of the molecule is Cc1oc(-c2ccc(-c3ccccc3)cc2)nc1COc1cccc(CN2CCCCC2C(=O)O)c1. The zero-order chi connectivity index (χ0) is 24.9. The quantitative estimate of drug-likeness (QED) is 0.316. The van der Waals surface area contributed by atoms with Gasteiger partial charge in [-0.25, -0.2) is 4.98 Å². The van der Waals surface area contributed by atoms with E-state index in [0.29, 0.717) is 25.5 Å². The summed E-state index contributed by atoms with van der Waals surface area (Å²) < 4.78 is 12.0. The summed E-state index contributed by atoms with van der Waals surface area (Å²) in [4.78, 5) is 18.3. The van der Waals surface area contributed by atoms with E-state index in [1.807, 2.05) is 66.4 Å². The molecular weight excluding hydrogens is 452 g/mol. The lowest BCUT2D eigenvalue weighted by atomic mass is 10.0. The van der Waals surface area contributed by atoms with Crippen molar-refractivity contribution in [3.05, 3.63) is 95.9 Å². The second kappa shape index (κ2) is 10.8. The van der Waals surface area contributed by atoms with E-state index in [-0.39, 0.29) is 0 Å². The van der Waals surface area contributed by atoms with E-state index < -0.39 is 12.0 Å². The largest absolute Gasteiger partial charge is 0.487 e. The summed E-state index contributed by atoms with van der Waals surface area (Å²) >= 11 is 0. The summed E-state index contributed by atoms with van der Waals surface area (Å²) in [6.45, 7) is 3.59. The van der Waals surface area contributed by atoms with Gasteiger partial charge in [0.05, 0.1) is 0 Å². The lowest BCUT2D eigenvalue weighted by molar-refractivity contribution is -0.144. The first kappa shape index (κ1) is 23.8. The number of aromatic nitrogens is 1. The molecule has 36 heavy (non-hydrogen) atoms. The van der Waals surface area contributed by atoms with E-state index in [4.69, 9.17) is 9.15 Å². The zero-order valence-corrected chi connectivity index (χ0v) is 20.4. The standard InChI is InChI=1S/C30H30N2O4/c1-21-27(31-29(36-21)25-15-13-24(14-16-25)23-9-3-2-4-10-23)20-35-26-11-7-8-22(18-26)19-32-17-6-5-12-28(32)30(33)34/h2-4,7-11,13-16,18,28H,5-6,12,17,19-20H2,1H3,(H,33,34). The third-order valence-electron chi connectivity index (χ3n) is 6.69. The van der Waals surface area contributed by atoms with Crippen LogP contribution in [0.15, 0.2) is 83.3 Å². The predicted octanol–water partition coefficient (Wildman–Crippen LogP) is 6.34. The predicted molar refractivity (Wildman–Crippen MR) is 139 cm³/mol. The van der Waals surface area contributed by atoms with Gasteiger partial charge in [-0.15, -0.1) is 0 Å². The van der Waals surface area contributed by atoms with Crippen LogP contribution in [0.3, 0.4) is 0 Å². The summed E-state index contributed by atoms with van der Waals surface area (Å²) in [5.74, 6) is 1.29. The average Bonchev–Trinajstić information content (AvgIpc) is 3.29. The normalized spacial score (nSPS) is 16.1. The highest BCUT2D eigenvalue weighted by molar-refractivity contribution is 5.73. The van der Waals surface area contributed by atoms with Crippen LogP contribution in [0.2, 0.25) is 0 Å². The highest BCUT2D eigenvalue weighted by Crippen LogP contribution is 2.27.